The number of anilines is 1. The Hall–Kier alpha value is -2.69. The highest BCUT2D eigenvalue weighted by Gasteiger charge is 2.23. The zero-order valence-electron chi connectivity index (χ0n) is 12.8. The van der Waals surface area contributed by atoms with E-state index in [-0.39, 0.29) is 24.2 Å². The molecule has 0 aliphatic carbocycles. The summed E-state index contributed by atoms with van der Waals surface area (Å²) in [6.45, 7) is 2.32. The van der Waals surface area contributed by atoms with Crippen LogP contribution in [0.1, 0.15) is 28.4 Å². The highest BCUT2D eigenvalue weighted by atomic mass is 19.1. The molecule has 0 aromatic heterocycles. The highest BCUT2D eigenvalue weighted by Crippen LogP contribution is 2.28. The van der Waals surface area contributed by atoms with E-state index in [1.807, 2.05) is 0 Å². The van der Waals surface area contributed by atoms with E-state index in [9.17, 15) is 14.0 Å². The van der Waals surface area contributed by atoms with E-state index in [4.69, 9.17) is 0 Å². The summed E-state index contributed by atoms with van der Waals surface area (Å²) in [6.07, 6.45) is 0.739. The molecule has 0 saturated carbocycles. The Morgan fingerprint density at radius 3 is 2.74 bits per heavy atom. The van der Waals surface area contributed by atoms with Crippen molar-refractivity contribution in [1.82, 2.24) is 5.32 Å². The molecule has 0 atom stereocenters. The lowest BCUT2D eigenvalue weighted by Gasteiger charge is -2.14. The van der Waals surface area contributed by atoms with E-state index < -0.39 is 0 Å². The number of amides is 2. The van der Waals surface area contributed by atoms with Crippen LogP contribution in [0.5, 0.6) is 0 Å². The van der Waals surface area contributed by atoms with Crippen molar-refractivity contribution in [2.45, 2.75) is 19.9 Å². The largest absolute Gasteiger partial charge is 0.348 e. The monoisotopic (exact) mass is 312 g/mol. The van der Waals surface area contributed by atoms with E-state index in [0.29, 0.717) is 17.7 Å². The fraction of sp³-hybridized carbons (Fsp3) is 0.222. The van der Waals surface area contributed by atoms with Crippen LogP contribution in [0, 0.1) is 5.82 Å². The molecule has 4 nitrogen and oxygen atoms in total. The van der Waals surface area contributed by atoms with Gasteiger partial charge in [-0.2, -0.15) is 0 Å². The molecule has 5 heteroatoms. The van der Waals surface area contributed by atoms with Crippen LogP contribution in [-0.2, 0) is 17.8 Å². The Labute approximate surface area is 133 Å². The number of halogens is 1. The maximum Gasteiger partial charge on any atom is 0.251 e. The minimum absolute atomic E-state index is 0.000467. The first-order chi connectivity index (χ1) is 11.1. The second-order valence-electron chi connectivity index (χ2n) is 5.54. The SMILES string of the molecule is CC(=O)N1CCc2cc(C(=O)NCc3ccccc3F)ccc21. The molecule has 0 saturated heterocycles. The molecule has 0 fully saturated rings. The Morgan fingerprint density at radius 1 is 1.22 bits per heavy atom. The quantitative estimate of drug-likeness (QED) is 0.947. The minimum atomic E-state index is -0.334. The van der Waals surface area contributed by atoms with Crippen LogP contribution < -0.4 is 10.2 Å². The summed E-state index contributed by atoms with van der Waals surface area (Å²) in [5, 5.41) is 2.72. The van der Waals surface area contributed by atoms with Gasteiger partial charge >= 0.3 is 0 Å². The molecule has 0 bridgehead atoms. The molecule has 2 aromatic carbocycles. The van der Waals surface area contributed by atoms with Gasteiger partial charge in [-0.25, -0.2) is 4.39 Å². The topological polar surface area (TPSA) is 49.4 Å². The number of nitrogens with one attached hydrogen (secondary N) is 1. The Bertz CT molecular complexity index is 773. The first-order valence-corrected chi connectivity index (χ1v) is 7.49. The van der Waals surface area contributed by atoms with Crippen LogP contribution in [0.4, 0.5) is 10.1 Å². The van der Waals surface area contributed by atoms with Gasteiger partial charge < -0.3 is 10.2 Å². The fourth-order valence-corrected chi connectivity index (χ4v) is 2.79. The second-order valence-corrected chi connectivity index (χ2v) is 5.54. The number of benzene rings is 2. The third kappa shape index (κ3) is 3.08. The normalized spacial score (nSPS) is 12.9. The van der Waals surface area contributed by atoms with Crippen LogP contribution in [0.25, 0.3) is 0 Å². The van der Waals surface area contributed by atoms with Gasteiger partial charge in [-0.3, -0.25) is 9.59 Å². The molecule has 1 heterocycles. The lowest BCUT2D eigenvalue weighted by Crippen LogP contribution is -2.26. The Balaban J connectivity index is 1.72. The molecule has 1 aliphatic rings. The summed E-state index contributed by atoms with van der Waals surface area (Å²) < 4.78 is 13.6. The smallest absolute Gasteiger partial charge is 0.251 e. The molecule has 3 rings (SSSR count). The first kappa shape index (κ1) is 15.2. The predicted octanol–water partition coefficient (Wildman–Crippen LogP) is 2.66. The lowest BCUT2D eigenvalue weighted by molar-refractivity contribution is -0.116. The van der Waals surface area contributed by atoms with Gasteiger partial charge in [0.2, 0.25) is 5.91 Å². The zero-order chi connectivity index (χ0) is 16.4. The van der Waals surface area contributed by atoms with Crippen molar-refractivity contribution < 1.29 is 14.0 Å². The van der Waals surface area contributed by atoms with Crippen molar-refractivity contribution in [2.24, 2.45) is 0 Å². The summed E-state index contributed by atoms with van der Waals surface area (Å²) in [7, 11) is 0. The third-order valence-electron chi connectivity index (χ3n) is 4.01. The van der Waals surface area contributed by atoms with Gasteiger partial charge in [-0.05, 0) is 36.2 Å². The lowest BCUT2D eigenvalue weighted by atomic mass is 10.1. The average molecular weight is 312 g/mol. The highest BCUT2D eigenvalue weighted by molar-refractivity contribution is 5.97. The van der Waals surface area contributed by atoms with Gasteiger partial charge in [0, 0.05) is 36.8 Å². The number of nitrogens with zero attached hydrogens (tertiary/aromatic N) is 1. The van der Waals surface area contributed by atoms with Crippen molar-refractivity contribution in [3.05, 3.63) is 65.0 Å². The average Bonchev–Trinajstić information content (AvgIpc) is 2.97. The van der Waals surface area contributed by atoms with Gasteiger partial charge in [0.25, 0.3) is 5.91 Å². The van der Waals surface area contributed by atoms with Crippen LogP contribution in [-0.4, -0.2) is 18.4 Å². The van der Waals surface area contributed by atoms with Crippen molar-refractivity contribution in [3.8, 4) is 0 Å². The second kappa shape index (κ2) is 6.20. The minimum Gasteiger partial charge on any atom is -0.348 e. The van der Waals surface area contributed by atoms with E-state index in [1.165, 1.54) is 13.0 Å². The summed E-state index contributed by atoms with van der Waals surface area (Å²) >= 11 is 0. The van der Waals surface area contributed by atoms with Crippen molar-refractivity contribution >= 4 is 17.5 Å². The van der Waals surface area contributed by atoms with Gasteiger partial charge in [0.1, 0.15) is 5.82 Å². The standard InChI is InChI=1S/C18H17FN2O2/c1-12(22)21-9-8-13-10-14(6-7-17(13)21)18(23)20-11-15-4-2-3-5-16(15)19/h2-7,10H,8-9,11H2,1H3,(H,20,23). The molecule has 2 aromatic rings. The van der Waals surface area contributed by atoms with Gasteiger partial charge in [-0.1, -0.05) is 18.2 Å². The van der Waals surface area contributed by atoms with E-state index >= 15 is 0 Å². The van der Waals surface area contributed by atoms with Gasteiger partial charge in [0.05, 0.1) is 0 Å². The maximum absolute atomic E-state index is 13.6. The molecular weight excluding hydrogens is 295 g/mol. The van der Waals surface area contributed by atoms with Crippen molar-refractivity contribution in [3.63, 3.8) is 0 Å². The number of hydrogen-bond acceptors (Lipinski definition) is 2. The maximum atomic E-state index is 13.6. The van der Waals surface area contributed by atoms with Crippen LogP contribution in [0.2, 0.25) is 0 Å². The van der Waals surface area contributed by atoms with Crippen molar-refractivity contribution in [2.75, 3.05) is 11.4 Å². The fourth-order valence-electron chi connectivity index (χ4n) is 2.79. The molecule has 0 spiro atoms. The summed E-state index contributed by atoms with van der Waals surface area (Å²) in [5.41, 5.74) is 2.82. The summed E-state index contributed by atoms with van der Waals surface area (Å²) in [4.78, 5) is 25.5. The van der Waals surface area contributed by atoms with Gasteiger partial charge in [-0.15, -0.1) is 0 Å². The number of fused-ring (bicyclic) bond motifs is 1. The number of carbonyl (C=O) groups is 2. The molecular formula is C18H17FN2O2. The van der Waals surface area contributed by atoms with E-state index in [2.05, 4.69) is 5.32 Å². The molecule has 0 unspecified atom stereocenters. The van der Waals surface area contributed by atoms with E-state index in [1.54, 1.807) is 41.3 Å². The molecule has 118 valence electrons. The molecule has 1 N–H and O–H groups in total. The predicted molar refractivity (Wildman–Crippen MR) is 85.7 cm³/mol. The van der Waals surface area contributed by atoms with Crippen molar-refractivity contribution in [1.29, 1.82) is 0 Å². The molecule has 23 heavy (non-hydrogen) atoms. The number of carbonyl (C=O) groups excluding carboxylic acids is 2. The molecule has 1 aliphatic heterocycles. The number of hydrogen-bond donors (Lipinski definition) is 1. The van der Waals surface area contributed by atoms with Crippen LogP contribution >= 0.6 is 0 Å². The van der Waals surface area contributed by atoms with Gasteiger partial charge in [0.15, 0.2) is 0 Å². The van der Waals surface area contributed by atoms with Crippen LogP contribution in [0.3, 0.4) is 0 Å². The number of rotatable bonds is 3. The molecule has 0 radical (unpaired) electrons. The van der Waals surface area contributed by atoms with E-state index in [0.717, 1.165) is 17.7 Å². The third-order valence-corrected chi connectivity index (χ3v) is 4.01. The Kier molecular flexibility index (Phi) is 4.10. The Morgan fingerprint density at radius 2 is 2.00 bits per heavy atom. The first-order valence-electron chi connectivity index (χ1n) is 7.49. The summed E-state index contributed by atoms with van der Waals surface area (Å²) in [5.74, 6) is -0.586. The van der Waals surface area contributed by atoms with Crippen LogP contribution in [0.15, 0.2) is 42.5 Å². The zero-order valence-corrected chi connectivity index (χ0v) is 12.8. The summed E-state index contributed by atoms with van der Waals surface area (Å²) in [6, 6.07) is 11.6. The molecule has 2 amide bonds.